The largest absolute Gasteiger partial charge is 0.497 e. The number of nitro groups is 1. The van der Waals surface area contributed by atoms with Crippen LogP contribution >= 0.6 is 27.3 Å². The lowest BCUT2D eigenvalue weighted by molar-refractivity contribution is -0.384. The summed E-state index contributed by atoms with van der Waals surface area (Å²) < 4.78 is 6.04. The second kappa shape index (κ2) is 9.29. The van der Waals surface area contributed by atoms with Crippen LogP contribution in [-0.4, -0.2) is 22.9 Å². The smallest absolute Gasteiger partial charge is 0.269 e. The van der Waals surface area contributed by atoms with Crippen LogP contribution in [0.15, 0.2) is 77.3 Å². The van der Waals surface area contributed by atoms with Crippen molar-refractivity contribution >= 4 is 44.0 Å². The fourth-order valence-electron chi connectivity index (χ4n) is 3.05. The number of hydrogen-bond donors (Lipinski definition) is 1. The molecule has 0 aliphatic rings. The number of nitrogens with zero attached hydrogens (tertiary/aromatic N) is 2. The molecule has 0 fully saturated rings. The molecule has 1 aromatic heterocycles. The Morgan fingerprint density at radius 1 is 1.06 bits per heavy atom. The van der Waals surface area contributed by atoms with Gasteiger partial charge in [0.1, 0.15) is 5.75 Å². The van der Waals surface area contributed by atoms with Gasteiger partial charge in [-0.1, -0.05) is 33.3 Å². The normalized spacial score (nSPS) is 10.6. The highest BCUT2D eigenvalue weighted by Gasteiger charge is 2.18. The topological polar surface area (TPSA) is 94.4 Å². The van der Waals surface area contributed by atoms with Crippen molar-refractivity contribution in [3.05, 3.63) is 92.9 Å². The van der Waals surface area contributed by atoms with E-state index in [1.54, 1.807) is 37.4 Å². The minimum Gasteiger partial charge on any atom is -0.497 e. The molecule has 1 amide bonds. The molecule has 7 nitrogen and oxygen atoms in total. The number of benzene rings is 3. The molecular formula is C23H16BrN3O4S. The number of aromatic nitrogens is 1. The summed E-state index contributed by atoms with van der Waals surface area (Å²) in [5.74, 6) is 0.440. The number of rotatable bonds is 6. The van der Waals surface area contributed by atoms with Crippen molar-refractivity contribution in [1.29, 1.82) is 0 Å². The quantitative estimate of drug-likeness (QED) is 0.239. The van der Waals surface area contributed by atoms with Crippen molar-refractivity contribution < 1.29 is 14.5 Å². The molecule has 160 valence electrons. The fourth-order valence-corrected chi connectivity index (χ4v) is 4.43. The molecule has 0 atom stereocenters. The number of non-ortho nitro benzene ring substituents is 1. The average Bonchev–Trinajstić information content (AvgIpc) is 3.23. The third kappa shape index (κ3) is 4.68. The van der Waals surface area contributed by atoms with Crippen LogP contribution in [0.4, 0.5) is 10.8 Å². The number of methoxy groups -OCH3 is 1. The molecule has 4 rings (SSSR count). The standard InChI is InChI=1S/C23H16BrN3O4S/c1-31-19-11-7-15(8-12-19)21-20(14-5-9-18(10-6-14)27(29)30)25-23(32-21)26-22(28)16-3-2-4-17(24)13-16/h2-13H,1H3,(H,25,26,28). The molecular weight excluding hydrogens is 494 g/mol. The van der Waals surface area contributed by atoms with Crippen LogP contribution in [0.1, 0.15) is 10.4 Å². The SMILES string of the molecule is COc1ccc(-c2sc(NC(=O)c3cccc(Br)c3)nc2-c2ccc([N+](=O)[O-])cc2)cc1. The Kier molecular flexibility index (Phi) is 6.29. The molecule has 0 spiro atoms. The highest BCUT2D eigenvalue weighted by Crippen LogP contribution is 2.40. The van der Waals surface area contributed by atoms with Crippen LogP contribution in [-0.2, 0) is 0 Å². The summed E-state index contributed by atoms with van der Waals surface area (Å²) in [4.78, 5) is 28.7. The van der Waals surface area contributed by atoms with E-state index in [0.29, 0.717) is 22.0 Å². The average molecular weight is 510 g/mol. The zero-order chi connectivity index (χ0) is 22.7. The van der Waals surface area contributed by atoms with Gasteiger partial charge in [-0.2, -0.15) is 0 Å². The molecule has 0 radical (unpaired) electrons. The van der Waals surface area contributed by atoms with Crippen molar-refractivity contribution in [1.82, 2.24) is 4.98 Å². The highest BCUT2D eigenvalue weighted by molar-refractivity contribution is 9.10. The number of carbonyl (C=O) groups is 1. The summed E-state index contributed by atoms with van der Waals surface area (Å²) in [7, 11) is 1.60. The number of anilines is 1. The van der Waals surface area contributed by atoms with Gasteiger partial charge in [0.15, 0.2) is 5.13 Å². The summed E-state index contributed by atoms with van der Waals surface area (Å²) in [6.07, 6.45) is 0. The van der Waals surface area contributed by atoms with E-state index < -0.39 is 4.92 Å². The maximum absolute atomic E-state index is 12.7. The summed E-state index contributed by atoms with van der Waals surface area (Å²) in [6, 6.07) is 20.7. The predicted molar refractivity (Wildman–Crippen MR) is 128 cm³/mol. The van der Waals surface area contributed by atoms with Gasteiger partial charge in [0.2, 0.25) is 0 Å². The van der Waals surface area contributed by atoms with E-state index in [1.807, 2.05) is 30.3 Å². The first-order chi connectivity index (χ1) is 15.4. The predicted octanol–water partition coefficient (Wildman–Crippen LogP) is 6.41. The van der Waals surface area contributed by atoms with Crippen molar-refractivity contribution in [2.24, 2.45) is 0 Å². The van der Waals surface area contributed by atoms with E-state index >= 15 is 0 Å². The van der Waals surface area contributed by atoms with Crippen molar-refractivity contribution in [3.63, 3.8) is 0 Å². The maximum atomic E-state index is 12.7. The van der Waals surface area contributed by atoms with Crippen molar-refractivity contribution in [2.75, 3.05) is 12.4 Å². The number of hydrogen-bond acceptors (Lipinski definition) is 6. The molecule has 0 saturated carbocycles. The maximum Gasteiger partial charge on any atom is 0.269 e. The molecule has 1 N–H and O–H groups in total. The van der Waals surface area contributed by atoms with E-state index in [4.69, 9.17) is 4.74 Å². The molecule has 4 aromatic rings. The molecule has 0 unspecified atom stereocenters. The van der Waals surface area contributed by atoms with Crippen molar-refractivity contribution in [2.45, 2.75) is 0 Å². The number of nitrogens with one attached hydrogen (secondary N) is 1. The zero-order valence-corrected chi connectivity index (χ0v) is 19.1. The lowest BCUT2D eigenvalue weighted by Crippen LogP contribution is -2.11. The van der Waals surface area contributed by atoms with Crippen LogP contribution < -0.4 is 10.1 Å². The van der Waals surface area contributed by atoms with Crippen molar-refractivity contribution in [3.8, 4) is 27.4 Å². The van der Waals surface area contributed by atoms with Gasteiger partial charge in [-0.3, -0.25) is 20.2 Å². The number of nitro benzene ring substituents is 1. The summed E-state index contributed by atoms with van der Waals surface area (Å²) in [6.45, 7) is 0. The van der Waals surface area contributed by atoms with Gasteiger partial charge in [-0.15, -0.1) is 0 Å². The lowest BCUT2D eigenvalue weighted by Gasteiger charge is -2.04. The lowest BCUT2D eigenvalue weighted by atomic mass is 10.1. The minimum absolute atomic E-state index is 0.00171. The van der Waals surface area contributed by atoms with Gasteiger partial charge in [0, 0.05) is 27.7 Å². The van der Waals surface area contributed by atoms with E-state index in [1.165, 1.54) is 23.5 Å². The van der Waals surface area contributed by atoms with Gasteiger partial charge in [-0.25, -0.2) is 4.98 Å². The van der Waals surface area contributed by atoms with Crippen LogP contribution in [0.2, 0.25) is 0 Å². The molecule has 0 aliphatic heterocycles. The first kappa shape index (κ1) is 21.7. The number of halogens is 1. The first-order valence-corrected chi connectivity index (χ1v) is 11.0. The Balaban J connectivity index is 1.73. The fraction of sp³-hybridized carbons (Fsp3) is 0.0435. The van der Waals surface area contributed by atoms with Gasteiger partial charge in [0.05, 0.1) is 22.6 Å². The van der Waals surface area contributed by atoms with Crippen LogP contribution in [0.3, 0.4) is 0 Å². The third-order valence-electron chi connectivity index (χ3n) is 4.64. The van der Waals surface area contributed by atoms with Gasteiger partial charge < -0.3 is 4.74 Å². The zero-order valence-electron chi connectivity index (χ0n) is 16.7. The van der Waals surface area contributed by atoms with E-state index in [0.717, 1.165) is 20.7 Å². The number of amides is 1. The number of ether oxygens (including phenoxy) is 1. The second-order valence-electron chi connectivity index (χ2n) is 6.69. The summed E-state index contributed by atoms with van der Waals surface area (Å²) in [5, 5.41) is 14.3. The van der Waals surface area contributed by atoms with E-state index in [2.05, 4.69) is 26.2 Å². The molecule has 0 aliphatic carbocycles. The van der Waals surface area contributed by atoms with E-state index in [9.17, 15) is 14.9 Å². The second-order valence-corrected chi connectivity index (χ2v) is 8.61. The highest BCUT2D eigenvalue weighted by atomic mass is 79.9. The Hall–Kier alpha value is -3.56. The Labute approximate surface area is 196 Å². The Morgan fingerprint density at radius 2 is 1.75 bits per heavy atom. The van der Waals surface area contributed by atoms with Crippen LogP contribution in [0.5, 0.6) is 5.75 Å². The Bertz CT molecular complexity index is 1290. The molecule has 3 aromatic carbocycles. The third-order valence-corrected chi connectivity index (χ3v) is 6.15. The molecule has 32 heavy (non-hydrogen) atoms. The summed E-state index contributed by atoms with van der Waals surface area (Å²) >= 11 is 4.70. The van der Waals surface area contributed by atoms with Crippen LogP contribution in [0, 0.1) is 10.1 Å². The van der Waals surface area contributed by atoms with Crippen LogP contribution in [0.25, 0.3) is 21.7 Å². The summed E-state index contributed by atoms with van der Waals surface area (Å²) in [5.41, 5.74) is 2.72. The van der Waals surface area contributed by atoms with Gasteiger partial charge in [-0.05, 0) is 60.2 Å². The molecule has 1 heterocycles. The Morgan fingerprint density at radius 3 is 2.38 bits per heavy atom. The minimum atomic E-state index is -0.446. The monoisotopic (exact) mass is 509 g/mol. The number of carbonyl (C=O) groups excluding carboxylic acids is 1. The van der Waals surface area contributed by atoms with Gasteiger partial charge in [0.25, 0.3) is 11.6 Å². The first-order valence-electron chi connectivity index (χ1n) is 9.41. The molecule has 0 bridgehead atoms. The van der Waals surface area contributed by atoms with E-state index in [-0.39, 0.29) is 11.6 Å². The number of thiazole rings is 1. The van der Waals surface area contributed by atoms with Gasteiger partial charge >= 0.3 is 0 Å². The molecule has 0 saturated heterocycles. The molecule has 9 heteroatoms.